The van der Waals surface area contributed by atoms with E-state index in [-0.39, 0.29) is 16.8 Å². The van der Waals surface area contributed by atoms with Crippen LogP contribution in [0.3, 0.4) is 0 Å². The lowest BCUT2D eigenvalue weighted by Crippen LogP contribution is -2.50. The Hall–Kier alpha value is -2.78. The number of methoxy groups -OCH3 is 1. The highest BCUT2D eigenvalue weighted by molar-refractivity contribution is 6.30. The van der Waals surface area contributed by atoms with Crippen LogP contribution in [-0.4, -0.2) is 30.4 Å². The first-order valence-electron chi connectivity index (χ1n) is 8.23. The molecule has 3 N–H and O–H groups in total. The monoisotopic (exact) mass is 430 g/mol. The van der Waals surface area contributed by atoms with Crippen LogP contribution in [0.1, 0.15) is 16.7 Å². The summed E-state index contributed by atoms with van der Waals surface area (Å²) in [5, 5.41) is 15.6. The van der Waals surface area contributed by atoms with Crippen molar-refractivity contribution in [2.24, 2.45) is 0 Å². The van der Waals surface area contributed by atoms with Gasteiger partial charge in [0, 0.05) is 22.0 Å². The van der Waals surface area contributed by atoms with Gasteiger partial charge in [-0.2, -0.15) is 13.2 Å². The van der Waals surface area contributed by atoms with Crippen LogP contribution in [0.2, 0.25) is 5.02 Å². The third kappa shape index (κ3) is 4.63. The van der Waals surface area contributed by atoms with E-state index in [0.717, 1.165) is 19.2 Å². The van der Waals surface area contributed by atoms with E-state index in [1.54, 1.807) is 18.2 Å². The molecule has 2 rings (SSSR count). The molecule has 0 aromatic heterocycles. The van der Waals surface area contributed by atoms with Gasteiger partial charge in [0.1, 0.15) is 0 Å². The van der Waals surface area contributed by atoms with Crippen molar-refractivity contribution < 1.29 is 32.6 Å². The molecule has 0 aliphatic rings. The lowest BCUT2D eigenvalue weighted by atomic mass is 9.89. The van der Waals surface area contributed by atoms with E-state index in [2.05, 4.69) is 15.4 Å². The zero-order valence-electron chi connectivity index (χ0n) is 15.6. The van der Waals surface area contributed by atoms with Crippen molar-refractivity contribution in [2.75, 3.05) is 17.7 Å². The maximum absolute atomic E-state index is 13.4. The van der Waals surface area contributed by atoms with E-state index < -0.39 is 29.3 Å². The van der Waals surface area contributed by atoms with E-state index in [1.165, 1.54) is 19.9 Å². The molecule has 0 saturated heterocycles. The molecular formula is C19H18ClF3N2O4. The van der Waals surface area contributed by atoms with Gasteiger partial charge in [-0.3, -0.25) is 0 Å². The summed E-state index contributed by atoms with van der Waals surface area (Å²) >= 11 is 5.85. The first kappa shape index (κ1) is 22.5. The van der Waals surface area contributed by atoms with Gasteiger partial charge < -0.3 is 20.5 Å². The average molecular weight is 431 g/mol. The molecule has 10 heteroatoms. The summed E-state index contributed by atoms with van der Waals surface area (Å²) in [6.45, 7) is 2.86. The molecule has 2 amide bonds. The van der Waals surface area contributed by atoms with Crippen LogP contribution in [0.5, 0.6) is 0 Å². The lowest BCUT2D eigenvalue weighted by Gasteiger charge is -2.29. The van der Waals surface area contributed by atoms with E-state index in [9.17, 15) is 27.9 Å². The second-order valence-corrected chi connectivity index (χ2v) is 6.71. The Kier molecular flexibility index (Phi) is 6.44. The van der Waals surface area contributed by atoms with Gasteiger partial charge >= 0.3 is 18.2 Å². The minimum Gasteiger partial charge on any atom is -0.466 e. The minimum atomic E-state index is -5.31. The fourth-order valence-corrected chi connectivity index (χ4v) is 2.95. The number of benzene rings is 2. The number of esters is 1. The summed E-state index contributed by atoms with van der Waals surface area (Å²) in [5.74, 6) is -1.86. The van der Waals surface area contributed by atoms with Gasteiger partial charge in [0.2, 0.25) is 0 Å². The second kappa shape index (κ2) is 8.30. The Morgan fingerprint density at radius 2 is 1.66 bits per heavy atom. The smallest absolute Gasteiger partial charge is 0.432 e. The van der Waals surface area contributed by atoms with Crippen LogP contribution in [0.25, 0.3) is 0 Å². The molecule has 2 aromatic carbocycles. The Labute approximate surface area is 169 Å². The highest BCUT2D eigenvalue weighted by atomic mass is 35.5. The Morgan fingerprint density at radius 1 is 1.07 bits per heavy atom. The van der Waals surface area contributed by atoms with Crippen molar-refractivity contribution in [1.29, 1.82) is 0 Å². The molecule has 0 heterocycles. The second-order valence-electron chi connectivity index (χ2n) is 6.27. The fraction of sp³-hybridized carbons (Fsp3) is 0.263. The van der Waals surface area contributed by atoms with Crippen LogP contribution >= 0.6 is 11.6 Å². The van der Waals surface area contributed by atoms with Gasteiger partial charge in [-0.1, -0.05) is 29.8 Å². The molecule has 2 aromatic rings. The molecule has 1 unspecified atom stereocenters. The standard InChI is InChI=1S/C19H18ClF3N2O4/c1-10-7-12(18(28,16(26)29-3)19(21,22)23)8-11(2)15(10)25-17(27)24-14-6-4-5-13(20)9-14/h4-9,28H,1-3H3,(H2,24,25,27). The first-order chi connectivity index (χ1) is 13.4. The van der Waals surface area contributed by atoms with E-state index >= 15 is 0 Å². The summed E-state index contributed by atoms with van der Waals surface area (Å²) in [6.07, 6.45) is -5.31. The van der Waals surface area contributed by atoms with Gasteiger partial charge in [-0.05, 0) is 43.2 Å². The predicted octanol–water partition coefficient (Wildman–Crippen LogP) is 4.52. The number of urea groups is 1. The number of aryl methyl sites for hydroxylation is 2. The quantitative estimate of drug-likeness (QED) is 0.622. The maximum Gasteiger partial charge on any atom is 0.432 e. The summed E-state index contributed by atoms with van der Waals surface area (Å²) in [7, 11) is 0.745. The minimum absolute atomic E-state index is 0.202. The van der Waals surface area contributed by atoms with Crippen LogP contribution < -0.4 is 10.6 Å². The number of rotatable bonds is 4. The first-order valence-corrected chi connectivity index (χ1v) is 8.60. The van der Waals surface area contributed by atoms with Crippen molar-refractivity contribution >= 4 is 35.0 Å². The van der Waals surface area contributed by atoms with Crippen LogP contribution in [0.4, 0.5) is 29.3 Å². The van der Waals surface area contributed by atoms with E-state index in [1.807, 2.05) is 0 Å². The van der Waals surface area contributed by atoms with Crippen LogP contribution in [0.15, 0.2) is 36.4 Å². The van der Waals surface area contributed by atoms with E-state index in [4.69, 9.17) is 11.6 Å². The van der Waals surface area contributed by atoms with Crippen molar-refractivity contribution in [3.05, 3.63) is 58.1 Å². The number of hydrogen-bond acceptors (Lipinski definition) is 4. The number of alkyl halides is 3. The molecule has 156 valence electrons. The molecule has 6 nitrogen and oxygen atoms in total. The van der Waals surface area contributed by atoms with Crippen molar-refractivity contribution in [1.82, 2.24) is 0 Å². The third-order valence-corrected chi connectivity index (χ3v) is 4.40. The predicted molar refractivity (Wildman–Crippen MR) is 102 cm³/mol. The number of aliphatic hydroxyl groups is 1. The van der Waals surface area contributed by atoms with E-state index in [0.29, 0.717) is 10.7 Å². The third-order valence-electron chi connectivity index (χ3n) is 4.16. The molecule has 0 fully saturated rings. The molecule has 0 aliphatic heterocycles. The van der Waals surface area contributed by atoms with Gasteiger partial charge in [0.15, 0.2) is 0 Å². The molecule has 1 atom stereocenters. The fourth-order valence-electron chi connectivity index (χ4n) is 2.76. The molecular weight excluding hydrogens is 413 g/mol. The number of halogens is 4. The zero-order valence-corrected chi connectivity index (χ0v) is 16.4. The lowest BCUT2D eigenvalue weighted by molar-refractivity contribution is -0.266. The van der Waals surface area contributed by atoms with Crippen molar-refractivity contribution in [3.63, 3.8) is 0 Å². The number of amides is 2. The Balaban J connectivity index is 2.35. The zero-order chi connectivity index (χ0) is 22.0. The number of hydrogen-bond donors (Lipinski definition) is 3. The Morgan fingerprint density at radius 3 is 2.14 bits per heavy atom. The maximum atomic E-state index is 13.4. The molecule has 29 heavy (non-hydrogen) atoms. The average Bonchev–Trinajstić information content (AvgIpc) is 2.62. The normalized spacial score (nSPS) is 13.4. The van der Waals surface area contributed by atoms with Gasteiger partial charge in [0.25, 0.3) is 5.60 Å². The van der Waals surface area contributed by atoms with Gasteiger partial charge in [-0.15, -0.1) is 0 Å². The number of carbonyl (C=O) groups is 2. The summed E-state index contributed by atoms with van der Waals surface area (Å²) in [6, 6.07) is 7.66. The molecule has 0 spiro atoms. The molecule has 0 aliphatic carbocycles. The summed E-state index contributed by atoms with van der Waals surface area (Å²) in [4.78, 5) is 23.9. The highest BCUT2D eigenvalue weighted by Crippen LogP contribution is 2.41. The number of nitrogens with one attached hydrogen (secondary N) is 2. The summed E-state index contributed by atoms with van der Waals surface area (Å²) < 4.78 is 44.5. The molecule has 0 bridgehead atoms. The van der Waals surface area contributed by atoms with Gasteiger partial charge in [0.05, 0.1) is 7.11 Å². The number of carbonyl (C=O) groups excluding carboxylic acids is 2. The largest absolute Gasteiger partial charge is 0.466 e. The highest BCUT2D eigenvalue weighted by Gasteiger charge is 2.62. The van der Waals surface area contributed by atoms with Crippen molar-refractivity contribution in [2.45, 2.75) is 25.6 Å². The topological polar surface area (TPSA) is 87.7 Å². The van der Waals surface area contributed by atoms with Crippen LogP contribution in [-0.2, 0) is 15.1 Å². The summed E-state index contributed by atoms with van der Waals surface area (Å²) in [5.41, 5.74) is -3.51. The molecule has 0 radical (unpaired) electrons. The number of anilines is 2. The SMILES string of the molecule is COC(=O)C(O)(c1cc(C)c(NC(=O)Nc2cccc(Cl)c2)c(C)c1)C(F)(F)F. The van der Waals surface area contributed by atoms with Crippen molar-refractivity contribution in [3.8, 4) is 0 Å². The van der Waals surface area contributed by atoms with Crippen LogP contribution in [0, 0.1) is 13.8 Å². The number of ether oxygens (including phenoxy) is 1. The van der Waals surface area contributed by atoms with Gasteiger partial charge in [-0.25, -0.2) is 9.59 Å². The molecule has 0 saturated carbocycles. The Bertz CT molecular complexity index is 926.